The van der Waals surface area contributed by atoms with Crippen molar-refractivity contribution in [2.45, 2.75) is 31.6 Å². The topological polar surface area (TPSA) is 17.1 Å². The average Bonchev–Trinajstić information content (AvgIpc) is 1.98. The summed E-state index contributed by atoms with van der Waals surface area (Å²) >= 11 is 5.54. The van der Waals surface area contributed by atoms with Gasteiger partial charge >= 0.3 is 0 Å². The van der Waals surface area contributed by atoms with Gasteiger partial charge in [-0.15, -0.1) is 11.6 Å². The summed E-state index contributed by atoms with van der Waals surface area (Å²) in [6.07, 6.45) is 7.62. The Bertz CT molecular complexity index is 110. The fraction of sp³-hybridized carbons (Fsp3) is 0.625. The van der Waals surface area contributed by atoms with E-state index in [-0.39, 0.29) is 5.38 Å². The van der Waals surface area contributed by atoms with Crippen molar-refractivity contribution < 1.29 is 4.79 Å². The third-order valence-corrected chi connectivity index (χ3v) is 1.48. The van der Waals surface area contributed by atoms with Gasteiger partial charge in [-0.2, -0.15) is 0 Å². The maximum atomic E-state index is 10.0. The molecule has 0 aliphatic heterocycles. The molecule has 0 aromatic heterocycles. The Hall–Kier alpha value is -0.300. The minimum Gasteiger partial charge on any atom is -0.302 e. The fourth-order valence-corrected chi connectivity index (χ4v) is 0.734. The molecule has 0 aromatic carbocycles. The standard InChI is InChI=1S/C8H13ClO/c1-2-3-4-5-6-8(9)7-10/h3-4,7-8H,2,5-6H2,1H3/b4-3+. The van der Waals surface area contributed by atoms with Gasteiger partial charge in [-0.3, -0.25) is 0 Å². The minimum absolute atomic E-state index is 0.304. The molecule has 58 valence electrons. The molecule has 2 heteroatoms. The van der Waals surface area contributed by atoms with Crippen LogP contribution in [0.2, 0.25) is 0 Å². The number of carbonyl (C=O) groups is 1. The molecule has 0 radical (unpaired) electrons. The van der Waals surface area contributed by atoms with Crippen LogP contribution in [0.1, 0.15) is 26.2 Å². The Labute approximate surface area is 67.1 Å². The molecule has 0 aliphatic rings. The molecule has 0 fully saturated rings. The van der Waals surface area contributed by atoms with Gasteiger partial charge in [0.05, 0.1) is 5.38 Å². The van der Waals surface area contributed by atoms with Crippen molar-refractivity contribution >= 4 is 17.9 Å². The van der Waals surface area contributed by atoms with E-state index in [1.54, 1.807) is 0 Å². The van der Waals surface area contributed by atoms with Crippen LogP contribution in [0.25, 0.3) is 0 Å². The third-order valence-electron chi connectivity index (χ3n) is 1.16. The van der Waals surface area contributed by atoms with E-state index in [2.05, 4.69) is 19.1 Å². The maximum absolute atomic E-state index is 10.0. The predicted octanol–water partition coefficient (Wildman–Crippen LogP) is 2.54. The second-order valence-electron chi connectivity index (χ2n) is 2.11. The van der Waals surface area contributed by atoms with Crippen LogP contribution in [0.3, 0.4) is 0 Å². The molecule has 10 heavy (non-hydrogen) atoms. The van der Waals surface area contributed by atoms with E-state index in [0.29, 0.717) is 0 Å². The van der Waals surface area contributed by atoms with E-state index >= 15 is 0 Å². The number of hydrogen-bond donors (Lipinski definition) is 0. The second-order valence-corrected chi connectivity index (χ2v) is 2.67. The fourth-order valence-electron chi connectivity index (χ4n) is 0.608. The summed E-state index contributed by atoms with van der Waals surface area (Å²) in [6.45, 7) is 2.08. The zero-order valence-corrected chi connectivity index (χ0v) is 6.97. The monoisotopic (exact) mass is 160 g/mol. The zero-order valence-electron chi connectivity index (χ0n) is 6.22. The summed E-state index contributed by atoms with van der Waals surface area (Å²) in [5, 5.41) is -0.304. The van der Waals surface area contributed by atoms with Crippen molar-refractivity contribution in [3.05, 3.63) is 12.2 Å². The van der Waals surface area contributed by atoms with Crippen LogP contribution in [0.15, 0.2) is 12.2 Å². The molecule has 0 spiro atoms. The Morgan fingerprint density at radius 1 is 1.50 bits per heavy atom. The highest BCUT2D eigenvalue weighted by molar-refractivity contribution is 6.27. The molecular formula is C8H13ClO. The van der Waals surface area contributed by atoms with E-state index in [1.165, 1.54) is 0 Å². The summed E-state index contributed by atoms with van der Waals surface area (Å²) < 4.78 is 0. The highest BCUT2D eigenvalue weighted by Crippen LogP contribution is 2.02. The number of halogens is 1. The predicted molar refractivity (Wildman–Crippen MR) is 44.4 cm³/mol. The molecule has 0 aromatic rings. The van der Waals surface area contributed by atoms with Crippen LogP contribution in [-0.2, 0) is 4.79 Å². The number of allylic oxidation sites excluding steroid dienone is 2. The normalized spacial score (nSPS) is 13.8. The molecule has 1 atom stereocenters. The highest BCUT2D eigenvalue weighted by atomic mass is 35.5. The lowest BCUT2D eigenvalue weighted by Gasteiger charge is -1.94. The Morgan fingerprint density at radius 2 is 2.20 bits per heavy atom. The number of hydrogen-bond acceptors (Lipinski definition) is 1. The van der Waals surface area contributed by atoms with Crippen LogP contribution in [-0.4, -0.2) is 11.7 Å². The van der Waals surface area contributed by atoms with Gasteiger partial charge in [0, 0.05) is 0 Å². The first-order valence-electron chi connectivity index (χ1n) is 3.55. The van der Waals surface area contributed by atoms with E-state index in [1.807, 2.05) is 0 Å². The Balaban J connectivity index is 3.18. The first-order chi connectivity index (χ1) is 4.81. The van der Waals surface area contributed by atoms with E-state index in [9.17, 15) is 4.79 Å². The first-order valence-corrected chi connectivity index (χ1v) is 3.99. The Kier molecular flexibility index (Phi) is 6.61. The SMILES string of the molecule is CC/C=C/CCC(Cl)C=O. The molecule has 0 aliphatic carbocycles. The number of aldehydes is 1. The van der Waals surface area contributed by atoms with E-state index in [4.69, 9.17) is 11.6 Å². The van der Waals surface area contributed by atoms with Gasteiger partial charge in [0.15, 0.2) is 0 Å². The molecule has 0 rings (SSSR count). The van der Waals surface area contributed by atoms with Crippen molar-refractivity contribution in [2.24, 2.45) is 0 Å². The number of rotatable bonds is 5. The van der Waals surface area contributed by atoms with Crippen molar-refractivity contribution in [3.8, 4) is 0 Å². The van der Waals surface area contributed by atoms with Crippen LogP contribution in [0.5, 0.6) is 0 Å². The van der Waals surface area contributed by atoms with Gasteiger partial charge in [0.1, 0.15) is 6.29 Å². The van der Waals surface area contributed by atoms with Crippen LogP contribution < -0.4 is 0 Å². The van der Waals surface area contributed by atoms with Gasteiger partial charge in [-0.25, -0.2) is 0 Å². The summed E-state index contributed by atoms with van der Waals surface area (Å²) in [7, 11) is 0. The molecule has 1 nitrogen and oxygen atoms in total. The van der Waals surface area contributed by atoms with Gasteiger partial charge in [-0.1, -0.05) is 19.1 Å². The third kappa shape index (κ3) is 5.83. The van der Waals surface area contributed by atoms with Crippen molar-refractivity contribution in [2.75, 3.05) is 0 Å². The van der Waals surface area contributed by atoms with Gasteiger partial charge in [0.2, 0.25) is 0 Å². The van der Waals surface area contributed by atoms with Crippen LogP contribution >= 0.6 is 11.6 Å². The minimum atomic E-state index is -0.304. The van der Waals surface area contributed by atoms with Crippen LogP contribution in [0, 0.1) is 0 Å². The summed E-state index contributed by atoms with van der Waals surface area (Å²) in [5.74, 6) is 0. The van der Waals surface area contributed by atoms with E-state index < -0.39 is 0 Å². The summed E-state index contributed by atoms with van der Waals surface area (Å²) in [6, 6.07) is 0. The molecular weight excluding hydrogens is 148 g/mol. The average molecular weight is 161 g/mol. The number of carbonyl (C=O) groups excluding carboxylic acids is 1. The maximum Gasteiger partial charge on any atom is 0.137 e. The molecule has 0 amide bonds. The second kappa shape index (κ2) is 6.81. The first kappa shape index (κ1) is 9.70. The van der Waals surface area contributed by atoms with Crippen LogP contribution in [0.4, 0.5) is 0 Å². The Morgan fingerprint density at radius 3 is 2.70 bits per heavy atom. The number of alkyl halides is 1. The lowest BCUT2D eigenvalue weighted by Crippen LogP contribution is -1.97. The molecule has 0 bridgehead atoms. The molecule has 1 unspecified atom stereocenters. The van der Waals surface area contributed by atoms with Crippen molar-refractivity contribution in [1.82, 2.24) is 0 Å². The molecule has 0 saturated carbocycles. The summed E-state index contributed by atoms with van der Waals surface area (Å²) in [4.78, 5) is 10.0. The van der Waals surface area contributed by atoms with Crippen molar-refractivity contribution in [1.29, 1.82) is 0 Å². The molecule has 0 N–H and O–H groups in total. The largest absolute Gasteiger partial charge is 0.302 e. The van der Waals surface area contributed by atoms with Crippen molar-refractivity contribution in [3.63, 3.8) is 0 Å². The summed E-state index contributed by atoms with van der Waals surface area (Å²) in [5.41, 5.74) is 0. The lowest BCUT2D eigenvalue weighted by atomic mass is 10.2. The quantitative estimate of drug-likeness (QED) is 0.343. The van der Waals surface area contributed by atoms with Gasteiger partial charge in [0.25, 0.3) is 0 Å². The smallest absolute Gasteiger partial charge is 0.137 e. The molecule has 0 saturated heterocycles. The van der Waals surface area contributed by atoms with Gasteiger partial charge in [-0.05, 0) is 19.3 Å². The van der Waals surface area contributed by atoms with E-state index in [0.717, 1.165) is 25.5 Å². The van der Waals surface area contributed by atoms with Gasteiger partial charge < -0.3 is 4.79 Å². The highest BCUT2D eigenvalue weighted by Gasteiger charge is 1.97. The zero-order chi connectivity index (χ0) is 7.82. The lowest BCUT2D eigenvalue weighted by molar-refractivity contribution is -0.107. The molecule has 0 heterocycles.